The average molecular weight is 442 g/mol. The van der Waals surface area contributed by atoms with Crippen molar-refractivity contribution in [3.8, 4) is 5.69 Å². The fourth-order valence-electron chi connectivity index (χ4n) is 4.56. The molecular weight excluding hydrogens is 410 g/mol. The number of carboxylic acids is 1. The van der Waals surface area contributed by atoms with Gasteiger partial charge in [0.1, 0.15) is 5.03 Å². The van der Waals surface area contributed by atoms with Crippen LogP contribution in [0.1, 0.15) is 91.3 Å². The van der Waals surface area contributed by atoms with Gasteiger partial charge in [0.2, 0.25) is 0 Å². The topological polar surface area (TPSA) is 84.2 Å². The second kappa shape index (κ2) is 10.4. The van der Waals surface area contributed by atoms with Crippen LogP contribution < -0.4 is 5.32 Å². The highest BCUT2D eigenvalue weighted by Crippen LogP contribution is 2.36. The van der Waals surface area contributed by atoms with Crippen LogP contribution in [0.15, 0.2) is 35.5 Å². The van der Waals surface area contributed by atoms with Crippen LogP contribution in [0.2, 0.25) is 0 Å². The molecular formula is C24H31N3O3S. The first-order chi connectivity index (χ1) is 15.1. The number of benzene rings is 1. The molecule has 1 amide bonds. The number of amides is 1. The van der Waals surface area contributed by atoms with E-state index in [1.54, 1.807) is 46.9 Å². The minimum absolute atomic E-state index is 0.0450. The van der Waals surface area contributed by atoms with Gasteiger partial charge in [-0.1, -0.05) is 44.9 Å². The predicted octanol–water partition coefficient (Wildman–Crippen LogP) is 5.45. The zero-order valence-corrected chi connectivity index (χ0v) is 18.7. The van der Waals surface area contributed by atoms with Gasteiger partial charge in [0.05, 0.1) is 23.0 Å². The van der Waals surface area contributed by atoms with Gasteiger partial charge < -0.3 is 10.4 Å². The van der Waals surface area contributed by atoms with Crippen LogP contribution in [0.4, 0.5) is 0 Å². The number of aromatic nitrogens is 2. The Morgan fingerprint density at radius 1 is 0.935 bits per heavy atom. The van der Waals surface area contributed by atoms with E-state index in [-0.39, 0.29) is 17.5 Å². The highest BCUT2D eigenvalue weighted by Gasteiger charge is 2.25. The molecule has 2 aliphatic carbocycles. The predicted molar refractivity (Wildman–Crippen MR) is 122 cm³/mol. The molecule has 6 nitrogen and oxygen atoms in total. The third kappa shape index (κ3) is 5.50. The standard InChI is InChI=1S/C24H31N3O3S/c28-22(26-18-8-4-3-5-9-18)21-16-25-27(19-14-12-17(13-15-19)24(29)30)23(21)31-20-10-6-1-2-7-11-20/h12-16,18,20H,1-11H2,(H,26,28)(H,29,30). The van der Waals surface area contributed by atoms with Gasteiger partial charge in [-0.15, -0.1) is 11.8 Å². The van der Waals surface area contributed by atoms with Crippen molar-refractivity contribution in [3.05, 3.63) is 41.6 Å². The molecule has 4 rings (SSSR count). The first kappa shape index (κ1) is 21.9. The molecule has 2 N–H and O–H groups in total. The zero-order valence-electron chi connectivity index (χ0n) is 17.9. The Kier molecular flexibility index (Phi) is 7.33. The molecule has 1 aromatic carbocycles. The maximum absolute atomic E-state index is 13.2. The molecule has 0 saturated heterocycles. The van der Waals surface area contributed by atoms with Gasteiger partial charge in [0.25, 0.3) is 5.91 Å². The number of hydrogen-bond donors (Lipinski definition) is 2. The average Bonchev–Trinajstić information content (AvgIpc) is 3.02. The molecule has 0 radical (unpaired) electrons. The molecule has 2 aromatic rings. The summed E-state index contributed by atoms with van der Waals surface area (Å²) in [5.74, 6) is -0.996. The van der Waals surface area contributed by atoms with Crippen molar-refractivity contribution in [2.45, 2.75) is 86.9 Å². The Hall–Kier alpha value is -2.28. The quantitative estimate of drug-likeness (QED) is 0.583. The Labute approximate surface area is 187 Å². The van der Waals surface area contributed by atoms with Crippen molar-refractivity contribution in [3.63, 3.8) is 0 Å². The van der Waals surface area contributed by atoms with E-state index < -0.39 is 5.97 Å². The number of nitrogens with one attached hydrogen (secondary N) is 1. The van der Waals surface area contributed by atoms with Crippen LogP contribution in [0, 0.1) is 0 Å². The van der Waals surface area contributed by atoms with Crippen LogP contribution in [0.3, 0.4) is 0 Å². The molecule has 2 saturated carbocycles. The number of rotatable bonds is 6. The van der Waals surface area contributed by atoms with Gasteiger partial charge in [0.15, 0.2) is 0 Å². The minimum atomic E-state index is -0.951. The van der Waals surface area contributed by atoms with Crippen molar-refractivity contribution in [2.75, 3.05) is 0 Å². The molecule has 0 unspecified atom stereocenters. The largest absolute Gasteiger partial charge is 0.478 e. The summed E-state index contributed by atoms with van der Waals surface area (Å²) in [6, 6.07) is 6.94. The molecule has 2 aliphatic rings. The molecule has 0 bridgehead atoms. The number of hydrogen-bond acceptors (Lipinski definition) is 4. The van der Waals surface area contributed by atoms with Gasteiger partial charge in [-0.3, -0.25) is 4.79 Å². The molecule has 1 aromatic heterocycles. The van der Waals surface area contributed by atoms with E-state index in [0.29, 0.717) is 10.8 Å². The first-order valence-electron chi connectivity index (χ1n) is 11.5. The molecule has 0 spiro atoms. The molecule has 0 atom stereocenters. The number of thioether (sulfide) groups is 1. The fraction of sp³-hybridized carbons (Fsp3) is 0.542. The highest BCUT2D eigenvalue weighted by molar-refractivity contribution is 8.00. The van der Waals surface area contributed by atoms with E-state index in [4.69, 9.17) is 0 Å². The van der Waals surface area contributed by atoms with Gasteiger partial charge in [-0.25, -0.2) is 9.48 Å². The summed E-state index contributed by atoms with van der Waals surface area (Å²) >= 11 is 1.76. The molecule has 166 valence electrons. The van der Waals surface area contributed by atoms with Crippen LogP contribution in [0.5, 0.6) is 0 Å². The van der Waals surface area contributed by atoms with E-state index in [1.807, 2.05) is 0 Å². The molecule has 2 fully saturated rings. The van der Waals surface area contributed by atoms with Gasteiger partial charge in [0, 0.05) is 11.3 Å². The molecule has 7 heteroatoms. The summed E-state index contributed by atoms with van der Waals surface area (Å²) in [6.07, 6.45) is 14.7. The van der Waals surface area contributed by atoms with Crippen LogP contribution >= 0.6 is 11.8 Å². The normalized spacial score (nSPS) is 18.5. The first-order valence-corrected chi connectivity index (χ1v) is 12.4. The minimum Gasteiger partial charge on any atom is -0.478 e. The number of carboxylic acid groups (broad SMARTS) is 1. The van der Waals surface area contributed by atoms with Gasteiger partial charge in [-0.05, 0) is 49.9 Å². The van der Waals surface area contributed by atoms with E-state index >= 15 is 0 Å². The van der Waals surface area contributed by atoms with E-state index in [0.717, 1.165) is 36.4 Å². The maximum Gasteiger partial charge on any atom is 0.335 e. The second-order valence-electron chi connectivity index (χ2n) is 8.67. The highest BCUT2D eigenvalue weighted by atomic mass is 32.2. The Bertz CT molecular complexity index is 895. The summed E-state index contributed by atoms with van der Waals surface area (Å²) in [4.78, 5) is 24.4. The summed E-state index contributed by atoms with van der Waals surface area (Å²) in [6.45, 7) is 0. The molecule has 1 heterocycles. The second-order valence-corrected chi connectivity index (χ2v) is 9.96. The lowest BCUT2D eigenvalue weighted by Gasteiger charge is -2.23. The van der Waals surface area contributed by atoms with Crippen LogP contribution in [-0.4, -0.2) is 38.1 Å². The zero-order chi connectivity index (χ0) is 21.6. The molecule has 0 aliphatic heterocycles. The van der Waals surface area contributed by atoms with E-state index in [1.165, 1.54) is 44.9 Å². The Balaban J connectivity index is 1.62. The van der Waals surface area contributed by atoms with Crippen molar-refractivity contribution in [1.82, 2.24) is 15.1 Å². The number of nitrogens with zero attached hydrogens (tertiary/aromatic N) is 2. The SMILES string of the molecule is O=C(O)c1ccc(-n2ncc(C(=O)NC3CCCCC3)c2SC2CCCCCC2)cc1. The number of carbonyl (C=O) groups is 2. The maximum atomic E-state index is 13.2. The smallest absolute Gasteiger partial charge is 0.335 e. The lowest BCUT2D eigenvalue weighted by atomic mass is 9.95. The third-order valence-electron chi connectivity index (χ3n) is 6.35. The Morgan fingerprint density at radius 2 is 1.55 bits per heavy atom. The number of carbonyl (C=O) groups excluding carboxylic acids is 1. The van der Waals surface area contributed by atoms with Crippen molar-refractivity contribution < 1.29 is 14.7 Å². The third-order valence-corrected chi connectivity index (χ3v) is 7.77. The van der Waals surface area contributed by atoms with E-state index in [9.17, 15) is 14.7 Å². The number of aromatic carboxylic acids is 1. The van der Waals surface area contributed by atoms with Crippen molar-refractivity contribution >= 4 is 23.6 Å². The fourth-order valence-corrected chi connectivity index (χ4v) is 5.97. The van der Waals surface area contributed by atoms with E-state index in [2.05, 4.69) is 10.4 Å². The van der Waals surface area contributed by atoms with Crippen molar-refractivity contribution in [1.29, 1.82) is 0 Å². The van der Waals surface area contributed by atoms with Crippen molar-refractivity contribution in [2.24, 2.45) is 0 Å². The van der Waals surface area contributed by atoms with Crippen LogP contribution in [-0.2, 0) is 0 Å². The summed E-state index contributed by atoms with van der Waals surface area (Å²) in [5.41, 5.74) is 1.64. The summed E-state index contributed by atoms with van der Waals surface area (Å²) in [7, 11) is 0. The Morgan fingerprint density at radius 3 is 2.19 bits per heavy atom. The summed E-state index contributed by atoms with van der Waals surface area (Å²) < 4.78 is 1.80. The lowest BCUT2D eigenvalue weighted by molar-refractivity contribution is 0.0696. The lowest BCUT2D eigenvalue weighted by Crippen LogP contribution is -2.36. The summed E-state index contributed by atoms with van der Waals surface area (Å²) in [5, 5.41) is 18.3. The van der Waals surface area contributed by atoms with Crippen LogP contribution in [0.25, 0.3) is 5.69 Å². The monoisotopic (exact) mass is 441 g/mol. The van der Waals surface area contributed by atoms with Gasteiger partial charge >= 0.3 is 5.97 Å². The van der Waals surface area contributed by atoms with Gasteiger partial charge in [-0.2, -0.15) is 5.10 Å². The molecule has 31 heavy (non-hydrogen) atoms.